The summed E-state index contributed by atoms with van der Waals surface area (Å²) < 4.78 is 41.1. The van der Waals surface area contributed by atoms with Crippen molar-refractivity contribution in [3.8, 4) is 5.69 Å². The number of carbonyl (C=O) groups is 1. The Bertz CT molecular complexity index is 1500. The first-order valence-corrected chi connectivity index (χ1v) is 10.8. The van der Waals surface area contributed by atoms with Gasteiger partial charge in [-0.05, 0) is 51.1 Å². The molecule has 36 heavy (non-hydrogen) atoms. The molecular formula is C25H21F3N6O2. The largest absolute Gasteiger partial charge is 0.416 e. The molecule has 0 unspecified atom stereocenters. The number of rotatable bonds is 4. The number of amidine groups is 1. The highest BCUT2D eigenvalue weighted by Gasteiger charge is 2.36. The van der Waals surface area contributed by atoms with Gasteiger partial charge in [-0.15, -0.1) is 0 Å². The Hall–Kier alpha value is -4.46. The van der Waals surface area contributed by atoms with Gasteiger partial charge in [-0.2, -0.15) is 13.2 Å². The van der Waals surface area contributed by atoms with E-state index in [2.05, 4.69) is 9.83 Å². The molecule has 3 aromatic rings. The number of aliphatic imine (C=N–C) groups is 1. The minimum atomic E-state index is -4.64. The molecule has 11 heteroatoms. The van der Waals surface area contributed by atoms with Crippen LogP contribution in [0.5, 0.6) is 0 Å². The number of aromatic nitrogens is 2. The van der Waals surface area contributed by atoms with Gasteiger partial charge in [0.25, 0.3) is 11.5 Å². The monoisotopic (exact) mass is 494 g/mol. The highest BCUT2D eigenvalue weighted by Crippen LogP contribution is 2.32. The molecule has 1 aliphatic rings. The molecule has 2 aromatic carbocycles. The lowest BCUT2D eigenvalue weighted by Crippen LogP contribution is -2.38. The van der Waals surface area contributed by atoms with Gasteiger partial charge in [0.15, 0.2) is 17.2 Å². The Balaban J connectivity index is 1.97. The van der Waals surface area contributed by atoms with Crippen LogP contribution in [-0.2, 0) is 6.18 Å². The zero-order valence-electron chi connectivity index (χ0n) is 19.6. The summed E-state index contributed by atoms with van der Waals surface area (Å²) in [5, 5.41) is 0. The van der Waals surface area contributed by atoms with Gasteiger partial charge in [0.05, 0.1) is 23.4 Å². The molecule has 0 saturated heterocycles. The average molecular weight is 494 g/mol. The molecule has 8 nitrogen and oxygen atoms in total. The standard InChI is InChI=1S/C25H21F3N6O2/c1-14-19(22-32-24(2,3)13-33(22)17-10-8-16(30-4)9-11-17)31-20(21(29)35)23(36)34(14)18-7-5-6-15(12-18)25(26,27)28/h5-12H,13H2,1-3H3,(H2,29,35). The number of nitrogens with two attached hydrogens (primary N) is 1. The molecule has 184 valence electrons. The summed E-state index contributed by atoms with van der Waals surface area (Å²) in [6.45, 7) is 12.9. The predicted molar refractivity (Wildman–Crippen MR) is 129 cm³/mol. The van der Waals surface area contributed by atoms with E-state index in [0.29, 0.717) is 23.8 Å². The van der Waals surface area contributed by atoms with Crippen LogP contribution in [0.25, 0.3) is 10.5 Å². The molecule has 0 bridgehead atoms. The smallest absolute Gasteiger partial charge is 0.364 e. The van der Waals surface area contributed by atoms with Crippen LogP contribution >= 0.6 is 0 Å². The van der Waals surface area contributed by atoms with E-state index in [1.165, 1.54) is 19.1 Å². The number of benzene rings is 2. The molecular weight excluding hydrogens is 473 g/mol. The van der Waals surface area contributed by atoms with Gasteiger partial charge in [0.2, 0.25) is 0 Å². The number of primary amides is 1. The van der Waals surface area contributed by atoms with E-state index in [4.69, 9.17) is 17.3 Å². The number of nitrogens with zero attached hydrogens (tertiary/aromatic N) is 5. The lowest BCUT2D eigenvalue weighted by atomic mass is 10.1. The highest BCUT2D eigenvalue weighted by atomic mass is 19.4. The van der Waals surface area contributed by atoms with Crippen molar-refractivity contribution < 1.29 is 18.0 Å². The molecule has 1 amide bonds. The van der Waals surface area contributed by atoms with E-state index in [-0.39, 0.29) is 17.1 Å². The van der Waals surface area contributed by atoms with Gasteiger partial charge in [-0.3, -0.25) is 19.1 Å². The van der Waals surface area contributed by atoms with Gasteiger partial charge in [-0.25, -0.2) is 9.83 Å². The first-order chi connectivity index (χ1) is 16.8. The maximum absolute atomic E-state index is 13.4. The summed E-state index contributed by atoms with van der Waals surface area (Å²) in [6, 6.07) is 11.0. The second-order valence-electron chi connectivity index (χ2n) is 8.91. The van der Waals surface area contributed by atoms with Crippen molar-refractivity contribution in [2.45, 2.75) is 32.5 Å². The van der Waals surface area contributed by atoms with Gasteiger partial charge in [-0.1, -0.05) is 18.2 Å². The quantitative estimate of drug-likeness (QED) is 0.548. The van der Waals surface area contributed by atoms with E-state index < -0.39 is 34.4 Å². The number of carbonyl (C=O) groups excluding carboxylic acids is 1. The van der Waals surface area contributed by atoms with Crippen molar-refractivity contribution in [1.29, 1.82) is 0 Å². The second-order valence-corrected chi connectivity index (χ2v) is 8.91. The van der Waals surface area contributed by atoms with Crippen LogP contribution in [0.2, 0.25) is 0 Å². The fourth-order valence-electron chi connectivity index (χ4n) is 4.05. The summed E-state index contributed by atoms with van der Waals surface area (Å²) in [5.41, 5.74) is 3.68. The van der Waals surface area contributed by atoms with Crippen LogP contribution in [0, 0.1) is 13.5 Å². The van der Waals surface area contributed by atoms with Gasteiger partial charge in [0.1, 0.15) is 5.69 Å². The third-order valence-electron chi connectivity index (χ3n) is 5.68. The molecule has 1 aliphatic heterocycles. The van der Waals surface area contributed by atoms with Crippen molar-refractivity contribution in [1.82, 2.24) is 9.55 Å². The topological polar surface area (TPSA) is 97.9 Å². The number of alkyl halides is 3. The van der Waals surface area contributed by atoms with Crippen molar-refractivity contribution in [3.63, 3.8) is 0 Å². The maximum atomic E-state index is 13.4. The van der Waals surface area contributed by atoms with E-state index in [9.17, 15) is 22.8 Å². The zero-order chi connectivity index (χ0) is 26.4. The van der Waals surface area contributed by atoms with Crippen molar-refractivity contribution in [3.05, 3.63) is 92.9 Å². The number of amides is 1. The van der Waals surface area contributed by atoms with E-state index >= 15 is 0 Å². The molecule has 0 atom stereocenters. The highest BCUT2D eigenvalue weighted by molar-refractivity contribution is 6.11. The Morgan fingerprint density at radius 1 is 1.14 bits per heavy atom. The normalized spacial score (nSPS) is 14.9. The molecule has 0 saturated carbocycles. The van der Waals surface area contributed by atoms with Crippen LogP contribution in [-0.4, -0.2) is 33.4 Å². The predicted octanol–water partition coefficient (Wildman–Crippen LogP) is 4.25. The molecule has 0 aliphatic carbocycles. The Morgan fingerprint density at radius 3 is 2.39 bits per heavy atom. The maximum Gasteiger partial charge on any atom is 0.416 e. The summed E-state index contributed by atoms with van der Waals surface area (Å²) >= 11 is 0. The minimum absolute atomic E-state index is 0.0932. The summed E-state index contributed by atoms with van der Waals surface area (Å²) in [5.74, 6) is -0.802. The second kappa shape index (κ2) is 8.64. The molecule has 2 N–H and O–H groups in total. The fourth-order valence-corrected chi connectivity index (χ4v) is 4.05. The summed E-state index contributed by atoms with van der Waals surface area (Å²) in [6.07, 6.45) is -4.64. The first kappa shape index (κ1) is 24.7. The van der Waals surface area contributed by atoms with Crippen LogP contribution in [0.15, 0.2) is 58.3 Å². The van der Waals surface area contributed by atoms with Crippen molar-refractivity contribution in [2.24, 2.45) is 10.7 Å². The lowest BCUT2D eigenvalue weighted by Gasteiger charge is -2.24. The van der Waals surface area contributed by atoms with Crippen LogP contribution in [0.1, 0.15) is 41.3 Å². The summed E-state index contributed by atoms with van der Waals surface area (Å²) in [4.78, 5) is 39.5. The average Bonchev–Trinajstić information content (AvgIpc) is 3.14. The first-order valence-electron chi connectivity index (χ1n) is 10.8. The molecule has 1 aromatic heterocycles. The SMILES string of the molecule is [C-]#[N+]c1ccc(N2CC(C)(C)N=C2c2nc(C(N)=O)c(=O)n(-c3cccc(C(F)(F)F)c3)c2C)cc1. The van der Waals surface area contributed by atoms with E-state index in [0.717, 1.165) is 16.7 Å². The number of anilines is 1. The molecule has 4 rings (SSSR count). The Morgan fingerprint density at radius 2 is 1.81 bits per heavy atom. The van der Waals surface area contributed by atoms with Crippen LogP contribution in [0.4, 0.5) is 24.5 Å². The zero-order valence-corrected chi connectivity index (χ0v) is 19.6. The van der Waals surface area contributed by atoms with Gasteiger partial charge in [0, 0.05) is 17.9 Å². The minimum Gasteiger partial charge on any atom is -0.364 e. The van der Waals surface area contributed by atoms with Crippen LogP contribution in [0.3, 0.4) is 0 Å². The van der Waals surface area contributed by atoms with Crippen LogP contribution < -0.4 is 16.2 Å². The van der Waals surface area contributed by atoms with Crippen molar-refractivity contribution >= 4 is 23.1 Å². The number of hydrogen-bond acceptors (Lipinski definition) is 5. The third kappa shape index (κ3) is 4.45. The van der Waals surface area contributed by atoms with E-state index in [1.54, 1.807) is 24.3 Å². The number of halogens is 3. The molecule has 0 fully saturated rings. The lowest BCUT2D eigenvalue weighted by molar-refractivity contribution is -0.137. The van der Waals surface area contributed by atoms with E-state index in [1.807, 2.05) is 18.7 Å². The third-order valence-corrected chi connectivity index (χ3v) is 5.68. The molecule has 0 spiro atoms. The molecule has 2 heterocycles. The molecule has 0 radical (unpaired) electrons. The van der Waals surface area contributed by atoms with Crippen molar-refractivity contribution in [2.75, 3.05) is 11.4 Å². The van der Waals surface area contributed by atoms with Gasteiger partial charge < -0.3 is 10.6 Å². The fraction of sp³-hybridized carbons (Fsp3) is 0.240. The summed E-state index contributed by atoms with van der Waals surface area (Å²) in [7, 11) is 0. The Labute approximate surface area is 204 Å². The Kier molecular flexibility index (Phi) is 5.92. The number of hydrogen-bond donors (Lipinski definition) is 1. The van der Waals surface area contributed by atoms with Gasteiger partial charge >= 0.3 is 6.18 Å².